The van der Waals surface area contributed by atoms with Gasteiger partial charge >= 0.3 is 11.9 Å². The van der Waals surface area contributed by atoms with Crippen molar-refractivity contribution in [1.82, 2.24) is 0 Å². The van der Waals surface area contributed by atoms with Crippen LogP contribution in [0.25, 0.3) is 0 Å². The van der Waals surface area contributed by atoms with Crippen molar-refractivity contribution in [1.29, 1.82) is 0 Å². The molecule has 0 unspecified atom stereocenters. The Morgan fingerprint density at radius 2 is 1.27 bits per heavy atom. The first kappa shape index (κ1) is 14.1. The molecule has 0 aliphatic carbocycles. The second-order valence-electron chi connectivity index (χ2n) is 2.40. The van der Waals surface area contributed by atoms with E-state index in [1.807, 2.05) is 0 Å². The summed E-state index contributed by atoms with van der Waals surface area (Å²) in [5.41, 5.74) is 0. The summed E-state index contributed by atoms with van der Waals surface area (Å²) in [6.45, 7) is 0. The number of hydrogen-bond acceptors (Lipinski definition) is 6. The van der Waals surface area contributed by atoms with Gasteiger partial charge in [0.15, 0.2) is 29.6 Å². The van der Waals surface area contributed by atoms with Crippen LogP contribution in [0.5, 0.6) is 0 Å². The molecule has 0 aromatic rings. The maximum Gasteiger partial charge on any atom is 0.306 e. The fourth-order valence-electron chi connectivity index (χ4n) is 0.718. The van der Waals surface area contributed by atoms with Gasteiger partial charge in [0.05, 0.1) is 0 Å². The van der Waals surface area contributed by atoms with E-state index < -0.39 is 11.9 Å². The Balaban J connectivity index is 3.43. The highest BCUT2D eigenvalue weighted by Crippen LogP contribution is 2.03. The van der Waals surface area contributed by atoms with Gasteiger partial charge in [0, 0.05) is 12.8 Å². The molecule has 6 nitrogen and oxygen atoms in total. The number of hydrogen-bond donors (Lipinski definition) is 0. The fraction of sp³-hybridized carbons (Fsp3) is 0.714. The zero-order chi connectivity index (χ0) is 11.5. The molecule has 0 saturated carbocycles. The Morgan fingerprint density at radius 3 is 1.60 bits per heavy atom. The van der Waals surface area contributed by atoms with Crippen LogP contribution in [0.2, 0.25) is 0 Å². The summed E-state index contributed by atoms with van der Waals surface area (Å²) in [6, 6.07) is 0. The number of rotatable bonds is 8. The minimum atomic E-state index is -0.506. The van der Waals surface area contributed by atoms with Gasteiger partial charge in [0.25, 0.3) is 0 Å². The number of carbonyl (C=O) groups excluding carboxylic acids is 2. The first-order valence-electron chi connectivity index (χ1n) is 4.10. The quantitative estimate of drug-likeness (QED) is 0.483. The Kier molecular flexibility index (Phi) is 9.13. The molecule has 0 aromatic carbocycles. The maximum absolute atomic E-state index is 10.8. The lowest BCUT2D eigenvalue weighted by Gasteiger charge is -2.00. The molecule has 84 valence electrons. The molecule has 8 heteroatoms. The number of esters is 2. The molecule has 0 spiro atoms. The molecule has 0 aliphatic heterocycles. The Hall–Kier alpha value is -0.860. The molecule has 0 aliphatic rings. The second-order valence-corrected chi connectivity index (χ2v) is 3.44. The van der Waals surface area contributed by atoms with Gasteiger partial charge in [-0.2, -0.15) is 0 Å². The summed E-state index contributed by atoms with van der Waals surface area (Å²) in [5.74, 6) is -1.01. The molecule has 0 atom stereocenters. The minimum absolute atomic E-state index is 0.0692. The highest BCUT2D eigenvalue weighted by Gasteiger charge is 2.06. The van der Waals surface area contributed by atoms with Crippen LogP contribution in [-0.2, 0) is 28.2 Å². The monoisotopic (exact) mass is 252 g/mol. The van der Waals surface area contributed by atoms with E-state index in [0.29, 0.717) is 6.42 Å². The Morgan fingerprint density at radius 1 is 0.867 bits per heavy atom. The molecule has 0 rings (SSSR count). The molecule has 0 heterocycles. The lowest BCUT2D eigenvalue weighted by molar-refractivity contribution is -0.143. The largest absolute Gasteiger partial charge is 0.453 e. The SMILES string of the molecule is O=PCOC(=O)CCCC(=O)OCP=O. The van der Waals surface area contributed by atoms with E-state index in [1.54, 1.807) is 0 Å². The van der Waals surface area contributed by atoms with Crippen LogP contribution >= 0.6 is 16.9 Å². The van der Waals surface area contributed by atoms with Crippen LogP contribution in [0.1, 0.15) is 19.3 Å². The normalized spacial score (nSPS) is 10.1. The van der Waals surface area contributed by atoms with Crippen LogP contribution in [0, 0.1) is 0 Å². The fourth-order valence-corrected chi connectivity index (χ4v) is 1.11. The molecule has 0 saturated heterocycles. The van der Waals surface area contributed by atoms with Crippen LogP contribution < -0.4 is 0 Å². The maximum atomic E-state index is 10.8. The minimum Gasteiger partial charge on any atom is -0.453 e. The Bertz CT molecular complexity index is 218. The smallest absolute Gasteiger partial charge is 0.306 e. The Labute approximate surface area is 89.7 Å². The summed E-state index contributed by atoms with van der Waals surface area (Å²) in [5, 5.41) is 0. The van der Waals surface area contributed by atoms with E-state index in [2.05, 4.69) is 9.47 Å². The molecule has 15 heavy (non-hydrogen) atoms. The molecule has 0 bridgehead atoms. The predicted octanol–water partition coefficient (Wildman–Crippen LogP) is 1.74. The van der Waals surface area contributed by atoms with Crippen molar-refractivity contribution in [3.63, 3.8) is 0 Å². The van der Waals surface area contributed by atoms with Crippen LogP contribution in [-0.4, -0.2) is 24.6 Å². The third-order valence-corrected chi connectivity index (χ3v) is 1.79. The molecular weight excluding hydrogens is 242 g/mol. The average Bonchev–Trinajstić information content (AvgIpc) is 2.23. The molecule has 0 radical (unpaired) electrons. The third kappa shape index (κ3) is 9.44. The van der Waals surface area contributed by atoms with Gasteiger partial charge in [0.1, 0.15) is 0 Å². The molecule has 0 aromatic heterocycles. The van der Waals surface area contributed by atoms with E-state index in [9.17, 15) is 18.7 Å². The zero-order valence-corrected chi connectivity index (χ0v) is 9.67. The van der Waals surface area contributed by atoms with Crippen molar-refractivity contribution in [3.8, 4) is 0 Å². The van der Waals surface area contributed by atoms with Crippen molar-refractivity contribution >= 4 is 28.9 Å². The number of ether oxygens (including phenoxy) is 2. The summed E-state index contributed by atoms with van der Waals surface area (Å²) in [7, 11) is -0.509. The van der Waals surface area contributed by atoms with Crippen molar-refractivity contribution in [3.05, 3.63) is 0 Å². The molecular formula is C7H10O6P2. The molecule has 0 fully saturated rings. The highest BCUT2D eigenvalue weighted by molar-refractivity contribution is 7.23. The van der Waals surface area contributed by atoms with Gasteiger partial charge in [0.2, 0.25) is 0 Å². The van der Waals surface area contributed by atoms with Crippen molar-refractivity contribution in [2.24, 2.45) is 0 Å². The standard InChI is InChI=1S/C7H10O6P2/c8-6(12-4-14-10)2-1-3-7(9)13-5-15-11/h1-5H2. The lowest BCUT2D eigenvalue weighted by Crippen LogP contribution is -2.06. The van der Waals surface area contributed by atoms with Gasteiger partial charge in [-0.25, -0.2) is 0 Å². The number of carbonyl (C=O) groups is 2. The van der Waals surface area contributed by atoms with Crippen molar-refractivity contribution in [2.45, 2.75) is 19.3 Å². The van der Waals surface area contributed by atoms with E-state index in [1.165, 1.54) is 0 Å². The predicted molar refractivity (Wildman–Crippen MR) is 51.0 cm³/mol. The first-order valence-corrected chi connectivity index (χ1v) is 6.09. The summed E-state index contributed by atoms with van der Waals surface area (Å²) in [4.78, 5) is 21.7. The van der Waals surface area contributed by atoms with Gasteiger partial charge in [-0.3, -0.25) is 18.7 Å². The van der Waals surface area contributed by atoms with Gasteiger partial charge in [-0.1, -0.05) is 0 Å². The van der Waals surface area contributed by atoms with Crippen molar-refractivity contribution < 1.29 is 28.2 Å². The summed E-state index contributed by atoms with van der Waals surface area (Å²) >= 11 is 0. The van der Waals surface area contributed by atoms with E-state index in [-0.39, 0.29) is 42.5 Å². The highest BCUT2D eigenvalue weighted by atomic mass is 31.1. The van der Waals surface area contributed by atoms with Crippen LogP contribution in [0.15, 0.2) is 0 Å². The molecule has 0 amide bonds. The zero-order valence-electron chi connectivity index (χ0n) is 7.88. The summed E-state index contributed by atoms with van der Waals surface area (Å²) in [6.07, 6.45) is 0.0965. The average molecular weight is 252 g/mol. The van der Waals surface area contributed by atoms with E-state index in [0.717, 1.165) is 0 Å². The first-order chi connectivity index (χ1) is 7.20. The van der Waals surface area contributed by atoms with Crippen LogP contribution in [0.3, 0.4) is 0 Å². The van der Waals surface area contributed by atoms with Crippen molar-refractivity contribution in [2.75, 3.05) is 12.7 Å². The lowest BCUT2D eigenvalue weighted by atomic mass is 10.2. The third-order valence-electron chi connectivity index (χ3n) is 1.32. The van der Waals surface area contributed by atoms with E-state index >= 15 is 0 Å². The van der Waals surface area contributed by atoms with Gasteiger partial charge in [-0.05, 0) is 6.42 Å². The molecule has 0 N–H and O–H groups in total. The topological polar surface area (TPSA) is 86.7 Å². The van der Waals surface area contributed by atoms with E-state index in [4.69, 9.17) is 0 Å². The van der Waals surface area contributed by atoms with Gasteiger partial charge < -0.3 is 9.47 Å². The second kappa shape index (κ2) is 9.69. The van der Waals surface area contributed by atoms with Crippen LogP contribution in [0.4, 0.5) is 0 Å². The van der Waals surface area contributed by atoms with Gasteiger partial charge in [-0.15, -0.1) is 0 Å². The summed E-state index contributed by atoms with van der Waals surface area (Å²) < 4.78 is 28.8.